The van der Waals surface area contributed by atoms with E-state index in [1.165, 1.54) is 7.11 Å². The molecule has 1 fully saturated rings. The highest BCUT2D eigenvalue weighted by atomic mass is 35.5. The number of carbonyl (C=O) groups is 2. The van der Waals surface area contributed by atoms with E-state index < -0.39 is 6.04 Å². The molecule has 0 spiro atoms. The third-order valence-corrected chi connectivity index (χ3v) is 4.19. The summed E-state index contributed by atoms with van der Waals surface area (Å²) in [4.78, 5) is 26.2. The summed E-state index contributed by atoms with van der Waals surface area (Å²) in [6, 6.07) is 11.2. The van der Waals surface area contributed by atoms with E-state index in [-0.39, 0.29) is 18.2 Å². The van der Waals surface area contributed by atoms with Gasteiger partial charge in [-0.25, -0.2) is 4.90 Å². The highest BCUT2D eigenvalue weighted by molar-refractivity contribution is 6.31. The molecule has 0 radical (unpaired) electrons. The van der Waals surface area contributed by atoms with Crippen LogP contribution in [0.4, 0.5) is 11.4 Å². The first kappa shape index (κ1) is 17.1. The van der Waals surface area contributed by atoms with E-state index in [4.69, 9.17) is 21.1 Å². The Bertz CT molecular complexity index is 824. The number of hydrogen-bond acceptors (Lipinski definition) is 5. The fourth-order valence-electron chi connectivity index (χ4n) is 2.74. The molecule has 1 aliphatic heterocycles. The predicted molar refractivity (Wildman–Crippen MR) is 95.5 cm³/mol. The van der Waals surface area contributed by atoms with Crippen LogP contribution in [-0.4, -0.2) is 32.1 Å². The second-order valence-corrected chi connectivity index (χ2v) is 5.95. The highest BCUT2D eigenvalue weighted by Crippen LogP contribution is 2.32. The second-order valence-electron chi connectivity index (χ2n) is 5.51. The fourth-order valence-corrected chi connectivity index (χ4v) is 2.92. The molecule has 1 atom stereocenters. The Kier molecular flexibility index (Phi) is 4.81. The Morgan fingerprint density at radius 3 is 2.60 bits per heavy atom. The minimum Gasteiger partial charge on any atom is -0.497 e. The van der Waals surface area contributed by atoms with Gasteiger partial charge in [0.15, 0.2) is 0 Å². The van der Waals surface area contributed by atoms with Crippen molar-refractivity contribution in [2.45, 2.75) is 12.5 Å². The molecule has 0 bridgehead atoms. The molecular weight excluding hydrogens is 344 g/mol. The Balaban J connectivity index is 1.83. The number of halogens is 1. The van der Waals surface area contributed by atoms with Crippen LogP contribution in [0.15, 0.2) is 42.5 Å². The highest BCUT2D eigenvalue weighted by Gasteiger charge is 2.39. The van der Waals surface area contributed by atoms with E-state index in [9.17, 15) is 9.59 Å². The van der Waals surface area contributed by atoms with Crippen LogP contribution in [-0.2, 0) is 9.59 Å². The molecular formula is C18H17ClN2O4. The lowest BCUT2D eigenvalue weighted by molar-refractivity contribution is -0.121. The van der Waals surface area contributed by atoms with Gasteiger partial charge in [0.1, 0.15) is 17.5 Å². The summed E-state index contributed by atoms with van der Waals surface area (Å²) in [5.41, 5.74) is 1.08. The lowest BCUT2D eigenvalue weighted by Gasteiger charge is -2.18. The fraction of sp³-hybridized carbons (Fsp3) is 0.222. The van der Waals surface area contributed by atoms with Crippen LogP contribution < -0.4 is 19.7 Å². The van der Waals surface area contributed by atoms with Crippen LogP contribution >= 0.6 is 11.6 Å². The molecule has 1 aliphatic rings. The number of methoxy groups -OCH3 is 2. The maximum Gasteiger partial charge on any atom is 0.256 e. The molecule has 1 heterocycles. The van der Waals surface area contributed by atoms with Crippen LogP contribution in [0, 0.1) is 0 Å². The van der Waals surface area contributed by atoms with Gasteiger partial charge in [-0.15, -0.1) is 0 Å². The molecule has 0 saturated carbocycles. The number of hydrogen-bond donors (Lipinski definition) is 1. The lowest BCUT2D eigenvalue weighted by Crippen LogP contribution is -2.34. The first-order valence-corrected chi connectivity index (χ1v) is 8.02. The van der Waals surface area contributed by atoms with Gasteiger partial charge in [0.05, 0.1) is 32.0 Å². The summed E-state index contributed by atoms with van der Waals surface area (Å²) >= 11 is 5.96. The maximum atomic E-state index is 12.7. The summed E-state index contributed by atoms with van der Waals surface area (Å²) in [6.07, 6.45) is 0.0561. The molecule has 25 heavy (non-hydrogen) atoms. The average molecular weight is 361 g/mol. The van der Waals surface area contributed by atoms with Crippen LogP contribution in [0.3, 0.4) is 0 Å². The van der Waals surface area contributed by atoms with Crippen LogP contribution in [0.5, 0.6) is 11.5 Å². The monoisotopic (exact) mass is 360 g/mol. The van der Waals surface area contributed by atoms with Crippen LogP contribution in [0.1, 0.15) is 6.42 Å². The number of amides is 2. The van der Waals surface area contributed by atoms with Gasteiger partial charge >= 0.3 is 0 Å². The van der Waals surface area contributed by atoms with Crippen molar-refractivity contribution in [3.63, 3.8) is 0 Å². The number of nitrogens with zero attached hydrogens (tertiary/aromatic N) is 1. The Morgan fingerprint density at radius 2 is 1.92 bits per heavy atom. The summed E-state index contributed by atoms with van der Waals surface area (Å²) in [6.45, 7) is 0. The zero-order chi connectivity index (χ0) is 18.0. The van der Waals surface area contributed by atoms with E-state index in [1.807, 2.05) is 0 Å². The number of carbonyl (C=O) groups excluding carboxylic acids is 2. The van der Waals surface area contributed by atoms with Crippen molar-refractivity contribution in [3.8, 4) is 11.5 Å². The Hall–Kier alpha value is -2.73. The first-order valence-electron chi connectivity index (χ1n) is 7.64. The van der Waals surface area contributed by atoms with Crippen molar-refractivity contribution in [3.05, 3.63) is 47.5 Å². The molecule has 0 aliphatic carbocycles. The van der Waals surface area contributed by atoms with Gasteiger partial charge in [0, 0.05) is 11.1 Å². The van der Waals surface area contributed by atoms with Crippen LogP contribution in [0.2, 0.25) is 5.02 Å². The zero-order valence-electron chi connectivity index (χ0n) is 13.8. The van der Waals surface area contributed by atoms with Gasteiger partial charge in [-0.2, -0.15) is 0 Å². The van der Waals surface area contributed by atoms with E-state index in [2.05, 4.69) is 5.32 Å². The number of imide groups is 1. The van der Waals surface area contributed by atoms with Crippen molar-refractivity contribution in [1.82, 2.24) is 0 Å². The SMILES string of the molecule is COc1ccc(N[C@@H]2CC(=O)N(c3cccc(Cl)c3)C2=O)c(OC)c1. The van der Waals surface area contributed by atoms with E-state index in [0.717, 1.165) is 4.90 Å². The number of nitrogens with one attached hydrogen (secondary N) is 1. The van der Waals surface area contributed by atoms with Gasteiger partial charge in [-0.05, 0) is 30.3 Å². The molecule has 1 saturated heterocycles. The molecule has 130 valence electrons. The van der Waals surface area contributed by atoms with Gasteiger partial charge in [0.2, 0.25) is 5.91 Å². The lowest BCUT2D eigenvalue weighted by atomic mass is 10.2. The largest absolute Gasteiger partial charge is 0.497 e. The number of rotatable bonds is 5. The predicted octanol–water partition coefficient (Wildman–Crippen LogP) is 3.10. The average Bonchev–Trinajstić information content (AvgIpc) is 2.88. The quantitative estimate of drug-likeness (QED) is 0.830. The van der Waals surface area contributed by atoms with Gasteiger partial charge in [0.25, 0.3) is 5.91 Å². The third-order valence-electron chi connectivity index (χ3n) is 3.95. The van der Waals surface area contributed by atoms with E-state index in [1.54, 1.807) is 49.6 Å². The molecule has 6 nitrogen and oxygen atoms in total. The van der Waals surface area contributed by atoms with Gasteiger partial charge in [-0.3, -0.25) is 9.59 Å². The summed E-state index contributed by atoms with van der Waals surface area (Å²) < 4.78 is 10.5. The molecule has 0 aromatic heterocycles. The first-order chi connectivity index (χ1) is 12.0. The standard InChI is InChI=1S/C18H17ClN2O4/c1-24-13-6-7-14(16(9-13)25-2)20-15-10-17(22)21(18(15)23)12-5-3-4-11(19)8-12/h3-9,15,20H,10H2,1-2H3/t15-/m1/s1. The van der Waals surface area contributed by atoms with Crippen molar-refractivity contribution in [1.29, 1.82) is 0 Å². The maximum absolute atomic E-state index is 12.7. The molecule has 7 heteroatoms. The molecule has 1 N–H and O–H groups in total. The second kappa shape index (κ2) is 7.03. The minimum absolute atomic E-state index is 0.0561. The van der Waals surface area contributed by atoms with E-state index in [0.29, 0.717) is 27.9 Å². The minimum atomic E-state index is -0.672. The number of ether oxygens (including phenoxy) is 2. The van der Waals surface area contributed by atoms with E-state index >= 15 is 0 Å². The zero-order valence-corrected chi connectivity index (χ0v) is 14.5. The van der Waals surface area contributed by atoms with Gasteiger partial charge < -0.3 is 14.8 Å². The number of benzene rings is 2. The summed E-state index contributed by atoms with van der Waals surface area (Å²) in [7, 11) is 3.09. The topological polar surface area (TPSA) is 67.9 Å². The number of anilines is 2. The van der Waals surface area contributed by atoms with Crippen molar-refractivity contribution in [2.24, 2.45) is 0 Å². The van der Waals surface area contributed by atoms with Crippen molar-refractivity contribution in [2.75, 3.05) is 24.4 Å². The third kappa shape index (κ3) is 3.39. The molecule has 3 rings (SSSR count). The van der Waals surface area contributed by atoms with Crippen molar-refractivity contribution >= 4 is 34.8 Å². The smallest absolute Gasteiger partial charge is 0.256 e. The van der Waals surface area contributed by atoms with Gasteiger partial charge in [-0.1, -0.05) is 17.7 Å². The summed E-state index contributed by atoms with van der Waals surface area (Å²) in [5.74, 6) is 0.556. The Morgan fingerprint density at radius 1 is 1.12 bits per heavy atom. The molecule has 2 amide bonds. The normalized spacial score (nSPS) is 16.9. The summed E-state index contributed by atoms with van der Waals surface area (Å²) in [5, 5.41) is 3.54. The molecule has 0 unspecified atom stereocenters. The molecule has 2 aromatic rings. The molecule has 2 aromatic carbocycles. The Labute approximate surface area is 150 Å². The van der Waals surface area contributed by atoms with Crippen molar-refractivity contribution < 1.29 is 19.1 Å². The van der Waals surface area contributed by atoms with Crippen LogP contribution in [0.25, 0.3) is 0 Å².